The highest BCUT2D eigenvalue weighted by atomic mass is 16.7. The first-order valence-electron chi connectivity index (χ1n) is 20.0. The van der Waals surface area contributed by atoms with Gasteiger partial charge in [0, 0.05) is 25.2 Å². The van der Waals surface area contributed by atoms with Gasteiger partial charge < -0.3 is 30.2 Å². The molecule has 5 aromatic carbocycles. The zero-order valence-electron chi connectivity index (χ0n) is 34.4. The summed E-state index contributed by atoms with van der Waals surface area (Å²) in [5.41, 5.74) is 5.40. The Morgan fingerprint density at radius 2 is 0.937 bits per heavy atom. The van der Waals surface area contributed by atoms with Gasteiger partial charge in [0.05, 0.1) is 33.5 Å². The molecule has 0 aliphatic rings. The second-order valence-electron chi connectivity index (χ2n) is 14.3. The van der Waals surface area contributed by atoms with Crippen LogP contribution in [-0.2, 0) is 19.7 Å². The molecular formula is C49H42N8O6. The number of fused-ring (bicyclic) bond motifs is 2. The lowest BCUT2D eigenvalue weighted by Gasteiger charge is -2.15. The highest BCUT2D eigenvalue weighted by molar-refractivity contribution is 5.91. The number of pyridine rings is 2. The lowest BCUT2D eigenvalue weighted by Crippen LogP contribution is -2.28. The van der Waals surface area contributed by atoms with Crippen LogP contribution >= 0.6 is 0 Å². The van der Waals surface area contributed by atoms with E-state index in [1.165, 1.54) is 29.5 Å². The van der Waals surface area contributed by atoms with Crippen LogP contribution < -0.4 is 36.1 Å². The highest BCUT2D eigenvalue weighted by Gasteiger charge is 2.15. The summed E-state index contributed by atoms with van der Waals surface area (Å²) < 4.78 is 13.4. The third kappa shape index (κ3) is 10.1. The predicted octanol–water partition coefficient (Wildman–Crippen LogP) is 8.87. The van der Waals surface area contributed by atoms with Gasteiger partial charge in [-0.1, -0.05) is 91.0 Å². The molecule has 4 aromatic heterocycles. The number of hydrogen-bond acceptors (Lipinski definition) is 12. The van der Waals surface area contributed by atoms with Crippen LogP contribution in [0.15, 0.2) is 174 Å². The molecule has 0 unspecified atom stereocenters. The Kier molecular flexibility index (Phi) is 12.6. The summed E-state index contributed by atoms with van der Waals surface area (Å²) in [6.07, 6.45) is 2.76. The Bertz CT molecular complexity index is 3080. The van der Waals surface area contributed by atoms with Crippen LogP contribution in [0, 0.1) is 13.8 Å². The minimum absolute atomic E-state index is 0.175. The maximum atomic E-state index is 12.9. The number of para-hydroxylation sites is 2. The highest BCUT2D eigenvalue weighted by Crippen LogP contribution is 2.26. The van der Waals surface area contributed by atoms with Gasteiger partial charge in [-0.25, -0.2) is 19.9 Å². The predicted molar refractivity (Wildman–Crippen MR) is 242 cm³/mol. The molecule has 0 radical (unpaired) electrons. The third-order valence-corrected chi connectivity index (χ3v) is 9.88. The van der Waals surface area contributed by atoms with Crippen LogP contribution in [0.3, 0.4) is 0 Å². The second kappa shape index (κ2) is 19.2. The van der Waals surface area contributed by atoms with E-state index in [-0.39, 0.29) is 17.8 Å². The minimum Gasteiger partial charge on any atom is -0.457 e. The Balaban J connectivity index is 0.000000177. The lowest BCUT2D eigenvalue weighted by atomic mass is 10.2. The maximum absolute atomic E-state index is 12.9. The average molecular weight is 839 g/mol. The van der Waals surface area contributed by atoms with E-state index in [0.29, 0.717) is 45.9 Å². The fourth-order valence-electron chi connectivity index (χ4n) is 6.70. The standard InChI is InChI=1S/C28H24N4O3.C21H18N4O3/c1-20-27-25(29-17-21-12-14-24(15-13-21)35-23-10-6-3-7-11-23)16-26(33)32(28(27)31-19-30-20)34-18-22-8-4-2-5-9-22;1-14-20-18(11-19(26)25(27)21(20)24-13-23-14)22-12-15-7-9-17(10-8-15)28-16-5-3-2-4-6-16/h2-16,19,29H,17-18H2,1H3;2-11,13,22,27H,12H2,1H3. The van der Waals surface area contributed by atoms with Crippen molar-refractivity contribution in [1.82, 2.24) is 29.4 Å². The van der Waals surface area contributed by atoms with Crippen molar-refractivity contribution in [2.75, 3.05) is 10.6 Å². The fraction of sp³-hybridized carbons (Fsp3) is 0.102. The largest absolute Gasteiger partial charge is 0.457 e. The number of nitrogens with one attached hydrogen (secondary N) is 2. The molecule has 0 saturated heterocycles. The molecule has 0 atom stereocenters. The van der Waals surface area contributed by atoms with Crippen LogP contribution in [0.1, 0.15) is 28.1 Å². The smallest absolute Gasteiger partial charge is 0.287 e. The molecular weight excluding hydrogens is 797 g/mol. The van der Waals surface area contributed by atoms with Crippen molar-refractivity contribution in [3.63, 3.8) is 0 Å². The van der Waals surface area contributed by atoms with Crippen molar-refractivity contribution in [3.05, 3.63) is 213 Å². The number of rotatable bonds is 13. The van der Waals surface area contributed by atoms with Gasteiger partial charge >= 0.3 is 0 Å². The molecule has 0 amide bonds. The molecule has 0 saturated carbocycles. The van der Waals surface area contributed by atoms with Crippen LogP contribution in [0.2, 0.25) is 0 Å². The average Bonchev–Trinajstić information content (AvgIpc) is 3.31. The fourth-order valence-corrected chi connectivity index (χ4v) is 6.70. The molecule has 9 aromatic rings. The molecule has 0 spiro atoms. The number of ether oxygens (including phenoxy) is 2. The van der Waals surface area contributed by atoms with E-state index in [4.69, 9.17) is 14.3 Å². The number of nitrogens with zero attached hydrogens (tertiary/aromatic N) is 6. The summed E-state index contributed by atoms with van der Waals surface area (Å²) in [6.45, 7) is 4.95. The topological polar surface area (TPSA) is 168 Å². The second-order valence-corrected chi connectivity index (χ2v) is 14.3. The molecule has 0 aliphatic heterocycles. The Morgan fingerprint density at radius 3 is 1.44 bits per heavy atom. The summed E-state index contributed by atoms with van der Waals surface area (Å²) in [5, 5.41) is 17.9. The van der Waals surface area contributed by atoms with E-state index < -0.39 is 5.56 Å². The normalized spacial score (nSPS) is 10.8. The summed E-state index contributed by atoms with van der Waals surface area (Å²) in [4.78, 5) is 47.6. The summed E-state index contributed by atoms with van der Waals surface area (Å²) in [6, 6.07) is 47.3. The molecule has 0 aliphatic carbocycles. The molecule has 14 nitrogen and oxygen atoms in total. The van der Waals surface area contributed by atoms with Gasteiger partial charge in [0.2, 0.25) is 0 Å². The Labute approximate surface area is 361 Å². The van der Waals surface area contributed by atoms with Gasteiger partial charge in [-0.3, -0.25) is 9.59 Å². The lowest BCUT2D eigenvalue weighted by molar-refractivity contribution is 0.0979. The number of benzene rings is 5. The molecule has 3 N–H and O–H groups in total. The van der Waals surface area contributed by atoms with Crippen molar-refractivity contribution in [2.45, 2.75) is 33.5 Å². The van der Waals surface area contributed by atoms with Gasteiger partial charge in [-0.05, 0) is 79.1 Å². The molecule has 63 heavy (non-hydrogen) atoms. The Hall–Kier alpha value is -8.52. The summed E-state index contributed by atoms with van der Waals surface area (Å²) in [5.74, 6) is 3.07. The van der Waals surface area contributed by atoms with Gasteiger partial charge in [-0.2, -0.15) is 0 Å². The van der Waals surface area contributed by atoms with E-state index in [1.54, 1.807) is 6.92 Å². The van der Waals surface area contributed by atoms with Crippen molar-refractivity contribution in [1.29, 1.82) is 0 Å². The molecule has 0 fully saturated rings. The number of hydrogen-bond donors (Lipinski definition) is 3. The van der Waals surface area contributed by atoms with Crippen LogP contribution in [0.4, 0.5) is 11.4 Å². The van der Waals surface area contributed by atoms with Crippen molar-refractivity contribution in [2.24, 2.45) is 0 Å². The first-order valence-corrected chi connectivity index (χ1v) is 20.0. The van der Waals surface area contributed by atoms with Gasteiger partial charge in [0.25, 0.3) is 11.1 Å². The SMILES string of the molecule is Cc1ncnc2c1c(NCc1ccc(Oc3ccccc3)cc1)cc(=O)n2O.Cc1ncnc2c1c(NCc1ccc(Oc3ccccc3)cc1)cc(=O)n2OCc1ccccc1. The zero-order chi connectivity index (χ0) is 43.5. The van der Waals surface area contributed by atoms with E-state index in [1.807, 2.05) is 146 Å². The molecule has 4 heterocycles. The maximum Gasteiger partial charge on any atom is 0.287 e. The van der Waals surface area contributed by atoms with Gasteiger partial charge in [0.1, 0.15) is 42.3 Å². The number of aromatic nitrogens is 6. The minimum atomic E-state index is -0.556. The van der Waals surface area contributed by atoms with E-state index in [0.717, 1.165) is 50.8 Å². The number of aryl methyl sites for hydroxylation is 2. The van der Waals surface area contributed by atoms with Crippen molar-refractivity contribution < 1.29 is 19.5 Å². The molecule has 0 bridgehead atoms. The summed E-state index contributed by atoms with van der Waals surface area (Å²) >= 11 is 0. The first-order chi connectivity index (χ1) is 30.8. The molecule has 314 valence electrons. The van der Waals surface area contributed by atoms with Crippen molar-refractivity contribution in [3.8, 4) is 23.0 Å². The summed E-state index contributed by atoms with van der Waals surface area (Å²) in [7, 11) is 0. The Morgan fingerprint density at radius 1 is 0.508 bits per heavy atom. The molecule has 9 rings (SSSR count). The quantitative estimate of drug-likeness (QED) is 0.0946. The van der Waals surface area contributed by atoms with E-state index in [9.17, 15) is 14.8 Å². The van der Waals surface area contributed by atoms with Crippen LogP contribution in [0.25, 0.3) is 22.1 Å². The van der Waals surface area contributed by atoms with Gasteiger partial charge in [-0.15, -0.1) is 9.46 Å². The van der Waals surface area contributed by atoms with E-state index >= 15 is 0 Å². The van der Waals surface area contributed by atoms with Gasteiger partial charge in [0.15, 0.2) is 11.3 Å². The van der Waals surface area contributed by atoms with Crippen LogP contribution in [-0.4, -0.2) is 34.6 Å². The molecule has 14 heteroatoms. The van der Waals surface area contributed by atoms with Crippen LogP contribution in [0.5, 0.6) is 23.0 Å². The van der Waals surface area contributed by atoms with E-state index in [2.05, 4.69) is 30.6 Å². The van der Waals surface area contributed by atoms with Crippen molar-refractivity contribution >= 4 is 33.4 Å². The first kappa shape index (κ1) is 41.2. The number of anilines is 2. The monoisotopic (exact) mass is 838 g/mol. The third-order valence-electron chi connectivity index (χ3n) is 9.88. The zero-order valence-corrected chi connectivity index (χ0v) is 34.4.